The van der Waals surface area contributed by atoms with Gasteiger partial charge in [-0.05, 0) is 42.6 Å². The molecule has 9 heteroatoms. The molecule has 1 aliphatic rings. The van der Waals surface area contributed by atoms with Gasteiger partial charge in [-0.1, -0.05) is 0 Å². The SMILES string of the molecule is O=Cc1cc(-c2nc(-c3ccc(N4CCCC4)nc3)ns2)nc(F)c1O. The molecule has 0 amide bonds. The quantitative estimate of drug-likeness (QED) is 0.557. The van der Waals surface area contributed by atoms with Crippen LogP contribution in [0.15, 0.2) is 24.4 Å². The molecule has 0 spiro atoms. The number of aromatic hydroxyl groups is 1. The molecule has 1 N–H and O–H groups in total. The van der Waals surface area contributed by atoms with Crippen molar-refractivity contribution in [1.82, 2.24) is 19.3 Å². The van der Waals surface area contributed by atoms with Crippen LogP contribution < -0.4 is 4.90 Å². The number of nitrogens with zero attached hydrogens (tertiary/aromatic N) is 5. The molecule has 4 rings (SSSR count). The molecule has 7 nitrogen and oxygen atoms in total. The van der Waals surface area contributed by atoms with Crippen LogP contribution in [0.2, 0.25) is 0 Å². The minimum atomic E-state index is -1.11. The van der Waals surface area contributed by atoms with Gasteiger partial charge in [-0.2, -0.15) is 8.76 Å². The van der Waals surface area contributed by atoms with Crippen molar-refractivity contribution in [3.63, 3.8) is 0 Å². The lowest BCUT2D eigenvalue weighted by Crippen LogP contribution is -2.18. The summed E-state index contributed by atoms with van der Waals surface area (Å²) in [5.74, 6) is -0.499. The van der Waals surface area contributed by atoms with Gasteiger partial charge in [-0.15, -0.1) is 0 Å². The highest BCUT2D eigenvalue weighted by Crippen LogP contribution is 2.29. The van der Waals surface area contributed by atoms with Gasteiger partial charge in [-0.3, -0.25) is 4.79 Å². The summed E-state index contributed by atoms with van der Waals surface area (Å²) in [4.78, 5) is 25.6. The first-order valence-electron chi connectivity index (χ1n) is 8.06. The number of aromatic nitrogens is 4. The number of rotatable bonds is 4. The van der Waals surface area contributed by atoms with Crippen molar-refractivity contribution in [3.05, 3.63) is 35.9 Å². The summed E-state index contributed by atoms with van der Waals surface area (Å²) in [5, 5.41) is 9.81. The molecule has 1 saturated heterocycles. The van der Waals surface area contributed by atoms with E-state index in [0.717, 1.165) is 36.0 Å². The Hall–Kier alpha value is -2.94. The minimum Gasteiger partial charge on any atom is -0.503 e. The summed E-state index contributed by atoms with van der Waals surface area (Å²) >= 11 is 1.03. The Morgan fingerprint density at radius 1 is 1.23 bits per heavy atom. The number of pyridine rings is 2. The van der Waals surface area contributed by atoms with Crippen LogP contribution in [0.3, 0.4) is 0 Å². The summed E-state index contributed by atoms with van der Waals surface area (Å²) in [5.41, 5.74) is 0.707. The van der Waals surface area contributed by atoms with Gasteiger partial charge in [0.2, 0.25) is 0 Å². The Labute approximate surface area is 152 Å². The maximum atomic E-state index is 13.7. The van der Waals surface area contributed by atoms with Crippen LogP contribution in [0.4, 0.5) is 10.2 Å². The lowest BCUT2D eigenvalue weighted by Gasteiger charge is -2.15. The third kappa shape index (κ3) is 3.01. The summed E-state index contributed by atoms with van der Waals surface area (Å²) in [7, 11) is 0. The van der Waals surface area contributed by atoms with E-state index in [2.05, 4.69) is 24.2 Å². The fourth-order valence-corrected chi connectivity index (χ4v) is 3.47. The molecule has 0 aromatic carbocycles. The number of carbonyl (C=O) groups excluding carboxylic acids is 1. The second-order valence-corrected chi connectivity index (χ2v) is 6.63. The monoisotopic (exact) mass is 371 g/mol. The molecule has 0 unspecified atom stereocenters. The molecule has 26 heavy (non-hydrogen) atoms. The average molecular weight is 371 g/mol. The summed E-state index contributed by atoms with van der Waals surface area (Å²) in [6, 6.07) is 5.11. The fourth-order valence-electron chi connectivity index (χ4n) is 2.82. The topological polar surface area (TPSA) is 92.1 Å². The Morgan fingerprint density at radius 3 is 2.73 bits per heavy atom. The maximum absolute atomic E-state index is 13.7. The normalized spacial score (nSPS) is 14.0. The van der Waals surface area contributed by atoms with Gasteiger partial charge in [0.15, 0.2) is 22.9 Å². The molecule has 3 aromatic heterocycles. The molecule has 0 saturated carbocycles. The van der Waals surface area contributed by atoms with Crippen molar-refractivity contribution in [2.75, 3.05) is 18.0 Å². The predicted octanol–water partition coefficient (Wildman–Crippen LogP) is 2.92. The van der Waals surface area contributed by atoms with E-state index in [1.165, 1.54) is 18.9 Å². The van der Waals surface area contributed by atoms with Crippen LogP contribution in [0.25, 0.3) is 22.1 Å². The van der Waals surface area contributed by atoms with Gasteiger partial charge in [0.25, 0.3) is 5.95 Å². The largest absolute Gasteiger partial charge is 0.503 e. The molecular formula is C17H14FN5O2S. The first kappa shape index (κ1) is 16.5. The first-order chi connectivity index (χ1) is 12.7. The lowest BCUT2D eigenvalue weighted by molar-refractivity contribution is 0.112. The molecule has 1 fully saturated rings. The number of halogens is 1. The first-order valence-corrected chi connectivity index (χ1v) is 8.83. The number of aldehydes is 1. The van der Waals surface area contributed by atoms with E-state index in [1.54, 1.807) is 6.20 Å². The second kappa shape index (κ2) is 6.75. The van der Waals surface area contributed by atoms with Crippen LogP contribution in [-0.2, 0) is 0 Å². The van der Waals surface area contributed by atoms with Crippen molar-refractivity contribution >= 4 is 23.6 Å². The smallest absolute Gasteiger partial charge is 0.256 e. The van der Waals surface area contributed by atoms with Crippen LogP contribution in [0.1, 0.15) is 23.2 Å². The van der Waals surface area contributed by atoms with Crippen LogP contribution >= 0.6 is 11.5 Å². The Morgan fingerprint density at radius 2 is 2.04 bits per heavy atom. The second-order valence-electron chi connectivity index (χ2n) is 5.88. The number of anilines is 1. The molecule has 0 radical (unpaired) electrons. The molecular weight excluding hydrogens is 357 g/mol. The Kier molecular flexibility index (Phi) is 4.29. The zero-order chi connectivity index (χ0) is 18.1. The van der Waals surface area contributed by atoms with Crippen molar-refractivity contribution in [3.8, 4) is 27.8 Å². The van der Waals surface area contributed by atoms with E-state index in [1.807, 2.05) is 12.1 Å². The summed E-state index contributed by atoms with van der Waals surface area (Å²) in [6.45, 7) is 2.03. The van der Waals surface area contributed by atoms with Gasteiger partial charge >= 0.3 is 0 Å². The van der Waals surface area contributed by atoms with E-state index >= 15 is 0 Å². The minimum absolute atomic E-state index is 0.146. The van der Waals surface area contributed by atoms with Gasteiger partial charge in [0, 0.05) is 24.8 Å². The Bertz CT molecular complexity index is 954. The Balaban J connectivity index is 1.62. The van der Waals surface area contributed by atoms with Gasteiger partial charge in [0.1, 0.15) is 11.5 Å². The van der Waals surface area contributed by atoms with Gasteiger partial charge < -0.3 is 10.0 Å². The van der Waals surface area contributed by atoms with E-state index in [4.69, 9.17) is 0 Å². The molecule has 3 aromatic rings. The van der Waals surface area contributed by atoms with Crippen molar-refractivity contribution in [1.29, 1.82) is 0 Å². The molecule has 0 atom stereocenters. The molecule has 4 heterocycles. The van der Waals surface area contributed by atoms with E-state index in [-0.39, 0.29) is 11.3 Å². The number of hydrogen-bond donors (Lipinski definition) is 1. The molecule has 132 valence electrons. The van der Waals surface area contributed by atoms with Gasteiger partial charge in [-0.25, -0.2) is 15.0 Å². The zero-order valence-electron chi connectivity index (χ0n) is 13.6. The third-order valence-corrected chi connectivity index (χ3v) is 4.93. The number of carbonyl (C=O) groups is 1. The zero-order valence-corrected chi connectivity index (χ0v) is 14.4. The predicted molar refractivity (Wildman–Crippen MR) is 94.8 cm³/mol. The highest BCUT2D eigenvalue weighted by Gasteiger charge is 2.17. The average Bonchev–Trinajstić information content (AvgIpc) is 3.36. The van der Waals surface area contributed by atoms with Crippen LogP contribution in [0.5, 0.6) is 5.75 Å². The van der Waals surface area contributed by atoms with E-state index in [0.29, 0.717) is 17.1 Å². The lowest BCUT2D eigenvalue weighted by atomic mass is 10.2. The maximum Gasteiger partial charge on any atom is 0.256 e. The van der Waals surface area contributed by atoms with Crippen molar-refractivity contribution < 1.29 is 14.3 Å². The van der Waals surface area contributed by atoms with Crippen LogP contribution in [-0.4, -0.2) is 43.8 Å². The molecule has 0 aliphatic carbocycles. The highest BCUT2D eigenvalue weighted by atomic mass is 32.1. The van der Waals surface area contributed by atoms with Gasteiger partial charge in [0.05, 0.1) is 5.56 Å². The third-order valence-electron chi connectivity index (χ3n) is 4.19. The highest BCUT2D eigenvalue weighted by molar-refractivity contribution is 7.09. The van der Waals surface area contributed by atoms with E-state index in [9.17, 15) is 14.3 Å². The molecule has 0 bridgehead atoms. The van der Waals surface area contributed by atoms with Crippen molar-refractivity contribution in [2.24, 2.45) is 0 Å². The summed E-state index contributed by atoms with van der Waals surface area (Å²) in [6.07, 6.45) is 4.44. The molecule has 1 aliphatic heterocycles. The van der Waals surface area contributed by atoms with Crippen molar-refractivity contribution in [2.45, 2.75) is 12.8 Å². The fraction of sp³-hybridized carbons (Fsp3) is 0.235. The standard InChI is InChI=1S/C17H14FN5O2S/c18-15-14(25)11(9-24)7-12(20-15)17-21-16(22-26-17)10-3-4-13(19-8-10)23-5-1-2-6-23/h3-4,7-9,25H,1-2,5-6H2. The summed E-state index contributed by atoms with van der Waals surface area (Å²) < 4.78 is 17.9. The van der Waals surface area contributed by atoms with Crippen LogP contribution in [0, 0.1) is 5.95 Å². The number of hydrogen-bond acceptors (Lipinski definition) is 8. The van der Waals surface area contributed by atoms with E-state index < -0.39 is 11.7 Å².